The van der Waals surface area contributed by atoms with Gasteiger partial charge in [0, 0.05) is 18.1 Å². The first-order valence-electron chi connectivity index (χ1n) is 8.63. The summed E-state index contributed by atoms with van der Waals surface area (Å²) in [6, 6.07) is 11.4. The Hall–Kier alpha value is -2.69. The van der Waals surface area contributed by atoms with Gasteiger partial charge in [0.1, 0.15) is 5.75 Å². The van der Waals surface area contributed by atoms with Gasteiger partial charge < -0.3 is 4.74 Å². The molecule has 0 spiro atoms. The van der Waals surface area contributed by atoms with Gasteiger partial charge in [0.05, 0.1) is 23.4 Å². The molecular weight excluding hydrogens is 426 g/mol. The average molecular weight is 444 g/mol. The lowest BCUT2D eigenvalue weighted by Gasteiger charge is -2.20. The van der Waals surface area contributed by atoms with Crippen molar-refractivity contribution in [1.29, 1.82) is 0 Å². The van der Waals surface area contributed by atoms with Gasteiger partial charge in [-0.3, -0.25) is 14.8 Å². The second-order valence-electron chi connectivity index (χ2n) is 5.88. The number of anilines is 2. The molecule has 29 heavy (non-hydrogen) atoms. The third-order valence-electron chi connectivity index (χ3n) is 3.94. The predicted octanol–water partition coefficient (Wildman–Crippen LogP) is 4.98. The molecule has 1 amide bonds. The molecule has 1 aromatic carbocycles. The largest absolute Gasteiger partial charge is 0.495 e. The Morgan fingerprint density at radius 2 is 2.07 bits per heavy atom. The van der Waals surface area contributed by atoms with E-state index in [0.29, 0.717) is 27.5 Å². The molecule has 0 bridgehead atoms. The molecule has 0 radical (unpaired) electrons. The number of methoxy groups -OCH3 is 1. The Labute approximate surface area is 179 Å². The van der Waals surface area contributed by atoms with Gasteiger partial charge in [-0.05, 0) is 23.6 Å². The molecule has 3 heterocycles. The Balaban J connectivity index is 1.49. The van der Waals surface area contributed by atoms with Crippen LogP contribution in [0.3, 0.4) is 0 Å². The monoisotopic (exact) mass is 443 g/mol. The second kappa shape index (κ2) is 8.76. The number of aromatic nitrogens is 4. The van der Waals surface area contributed by atoms with E-state index < -0.39 is 0 Å². The second-order valence-corrected chi connectivity index (χ2v) is 8.61. The summed E-state index contributed by atoms with van der Waals surface area (Å²) in [5.74, 6) is 1.87. The van der Waals surface area contributed by atoms with E-state index in [1.807, 2.05) is 47.2 Å². The first-order chi connectivity index (χ1) is 14.2. The van der Waals surface area contributed by atoms with Crippen molar-refractivity contribution in [2.75, 3.05) is 12.0 Å². The molecule has 0 aliphatic carbocycles. The Kier molecular flexibility index (Phi) is 5.93. The van der Waals surface area contributed by atoms with Crippen LogP contribution in [-0.2, 0) is 10.5 Å². The van der Waals surface area contributed by atoms with Gasteiger partial charge in [0.2, 0.25) is 11.1 Å². The molecule has 1 N–H and O–H groups in total. The number of amides is 1. The first kappa shape index (κ1) is 19.6. The number of nitrogens with zero attached hydrogens (tertiary/aromatic N) is 4. The van der Waals surface area contributed by atoms with Gasteiger partial charge in [0.15, 0.2) is 11.0 Å². The Morgan fingerprint density at radius 1 is 1.21 bits per heavy atom. The van der Waals surface area contributed by atoms with Crippen LogP contribution >= 0.6 is 34.4 Å². The zero-order chi connectivity index (χ0) is 20.2. The summed E-state index contributed by atoms with van der Waals surface area (Å²) < 4.78 is 5.40. The number of hydrogen-bond donors (Lipinski definition) is 1. The summed E-state index contributed by atoms with van der Waals surface area (Å²) >= 11 is 4.52. The number of H-pyrrole nitrogens is 1. The highest BCUT2D eigenvalue weighted by molar-refractivity contribution is 7.98. The van der Waals surface area contributed by atoms with Crippen LogP contribution in [-0.4, -0.2) is 33.2 Å². The number of thiophene rings is 1. The number of thioether (sulfide) groups is 1. The van der Waals surface area contributed by atoms with E-state index in [9.17, 15) is 4.79 Å². The van der Waals surface area contributed by atoms with Crippen molar-refractivity contribution in [1.82, 2.24) is 20.2 Å². The number of ether oxygens (including phenoxy) is 1. The number of aromatic amines is 1. The van der Waals surface area contributed by atoms with E-state index in [0.717, 1.165) is 16.4 Å². The van der Waals surface area contributed by atoms with Gasteiger partial charge in [0.25, 0.3) is 0 Å². The van der Waals surface area contributed by atoms with Crippen LogP contribution in [0, 0.1) is 0 Å². The summed E-state index contributed by atoms with van der Waals surface area (Å²) in [5.41, 5.74) is 1.53. The number of carbonyl (C=O) groups excluding carboxylic acids is 1. The smallest absolute Gasteiger partial charge is 0.230 e. The molecule has 10 heteroatoms. The maximum absolute atomic E-state index is 12.3. The number of benzene rings is 1. The number of hydrogen-bond acceptors (Lipinski definition) is 8. The third-order valence-corrected chi connectivity index (χ3v) is 6.57. The zero-order valence-electron chi connectivity index (χ0n) is 15.7. The van der Waals surface area contributed by atoms with Crippen molar-refractivity contribution in [3.05, 3.63) is 52.9 Å². The maximum Gasteiger partial charge on any atom is 0.230 e. The fourth-order valence-electron chi connectivity index (χ4n) is 2.66. The zero-order valence-corrected chi connectivity index (χ0v) is 18.1. The summed E-state index contributed by atoms with van der Waals surface area (Å²) in [6.07, 6.45) is 0. The Bertz CT molecular complexity index is 1110. The average Bonchev–Trinajstić information content (AvgIpc) is 3.48. The molecule has 4 aromatic rings. The molecule has 148 valence electrons. The molecule has 0 saturated carbocycles. The van der Waals surface area contributed by atoms with E-state index in [4.69, 9.17) is 4.74 Å². The van der Waals surface area contributed by atoms with Crippen LogP contribution in [0.4, 0.5) is 10.8 Å². The number of carbonyl (C=O) groups is 1. The van der Waals surface area contributed by atoms with Gasteiger partial charge in [-0.2, -0.15) is 0 Å². The van der Waals surface area contributed by atoms with E-state index >= 15 is 0 Å². The first-order valence-corrected chi connectivity index (χ1v) is 11.4. The Morgan fingerprint density at radius 3 is 2.83 bits per heavy atom. The minimum absolute atomic E-state index is 0.127. The fraction of sp³-hybridized carbons (Fsp3) is 0.158. The molecule has 0 aliphatic heterocycles. The van der Waals surface area contributed by atoms with Crippen molar-refractivity contribution in [2.24, 2.45) is 0 Å². The number of nitrogens with one attached hydrogen (secondary N) is 1. The quantitative estimate of drug-likeness (QED) is 0.406. The van der Waals surface area contributed by atoms with Crippen molar-refractivity contribution in [3.63, 3.8) is 0 Å². The van der Waals surface area contributed by atoms with Gasteiger partial charge in [-0.1, -0.05) is 30.0 Å². The molecule has 3 aromatic heterocycles. The number of para-hydroxylation sites is 2. The molecule has 0 unspecified atom stereocenters. The van der Waals surface area contributed by atoms with Gasteiger partial charge in [-0.15, -0.1) is 27.8 Å². The van der Waals surface area contributed by atoms with Crippen LogP contribution in [0.15, 0.2) is 52.3 Å². The third kappa shape index (κ3) is 4.34. The molecule has 0 saturated heterocycles. The van der Waals surface area contributed by atoms with Crippen molar-refractivity contribution < 1.29 is 9.53 Å². The van der Waals surface area contributed by atoms with E-state index in [2.05, 4.69) is 20.2 Å². The summed E-state index contributed by atoms with van der Waals surface area (Å²) in [4.78, 5) is 24.1. The van der Waals surface area contributed by atoms with Crippen LogP contribution in [0.1, 0.15) is 12.6 Å². The summed E-state index contributed by atoms with van der Waals surface area (Å²) in [5, 5.41) is 12.4. The molecular formula is C19H17N5O2S3. The minimum atomic E-state index is -0.127. The van der Waals surface area contributed by atoms with E-state index in [-0.39, 0.29) is 5.91 Å². The molecule has 4 rings (SSSR count). The van der Waals surface area contributed by atoms with E-state index in [1.54, 1.807) is 23.3 Å². The van der Waals surface area contributed by atoms with Crippen molar-refractivity contribution >= 4 is 51.2 Å². The minimum Gasteiger partial charge on any atom is -0.495 e. The maximum atomic E-state index is 12.3. The molecule has 7 nitrogen and oxygen atoms in total. The SMILES string of the molecule is COc1ccccc1N(C(C)=O)c1nc(CSc2n[nH]c(-c3cccs3)n2)cs1. The lowest BCUT2D eigenvalue weighted by atomic mass is 10.2. The van der Waals surface area contributed by atoms with E-state index in [1.165, 1.54) is 30.0 Å². The van der Waals surface area contributed by atoms with Gasteiger partial charge >= 0.3 is 0 Å². The molecule has 0 aliphatic rings. The van der Waals surface area contributed by atoms with Gasteiger partial charge in [-0.25, -0.2) is 9.97 Å². The normalized spacial score (nSPS) is 10.8. The van der Waals surface area contributed by atoms with Crippen molar-refractivity contribution in [2.45, 2.75) is 17.8 Å². The van der Waals surface area contributed by atoms with Crippen LogP contribution in [0.2, 0.25) is 0 Å². The standard InChI is InChI=1S/C19H17N5O2S3/c1-12(25)24(14-6-3-4-7-15(14)26-2)19-20-13(11-29-19)10-28-18-21-17(22-23-18)16-8-5-9-27-16/h3-9,11H,10H2,1-2H3,(H,21,22,23). The van der Waals surface area contributed by atoms with Crippen LogP contribution < -0.4 is 9.64 Å². The summed E-state index contributed by atoms with van der Waals surface area (Å²) in [7, 11) is 1.59. The fourth-order valence-corrected chi connectivity index (χ4v) is 5.00. The molecule has 0 atom stereocenters. The lowest BCUT2D eigenvalue weighted by molar-refractivity contribution is -0.115. The number of thiazole rings is 1. The number of rotatable bonds is 7. The highest BCUT2D eigenvalue weighted by Gasteiger charge is 2.21. The highest BCUT2D eigenvalue weighted by atomic mass is 32.2. The van der Waals surface area contributed by atoms with Crippen LogP contribution in [0.25, 0.3) is 10.7 Å². The predicted molar refractivity (Wildman–Crippen MR) is 117 cm³/mol. The highest BCUT2D eigenvalue weighted by Crippen LogP contribution is 2.36. The summed E-state index contributed by atoms with van der Waals surface area (Å²) in [6.45, 7) is 1.52. The topological polar surface area (TPSA) is 84.0 Å². The van der Waals surface area contributed by atoms with Crippen molar-refractivity contribution in [3.8, 4) is 16.5 Å². The lowest BCUT2D eigenvalue weighted by Crippen LogP contribution is -2.23. The van der Waals surface area contributed by atoms with Crippen LogP contribution in [0.5, 0.6) is 5.75 Å². The molecule has 0 fully saturated rings.